The molecule has 0 aromatic carbocycles. The van der Waals surface area contributed by atoms with Crippen molar-refractivity contribution in [3.05, 3.63) is 16.6 Å². The van der Waals surface area contributed by atoms with Crippen molar-refractivity contribution in [1.82, 2.24) is 10.3 Å². The van der Waals surface area contributed by atoms with Crippen LogP contribution in [0.2, 0.25) is 0 Å². The van der Waals surface area contributed by atoms with Gasteiger partial charge in [0.1, 0.15) is 0 Å². The van der Waals surface area contributed by atoms with Gasteiger partial charge in [0.05, 0.1) is 16.8 Å². The van der Waals surface area contributed by atoms with E-state index in [9.17, 15) is 0 Å². The molecule has 0 aliphatic heterocycles. The number of hydrogen-bond acceptors (Lipinski definition) is 4. The monoisotopic (exact) mass is 242 g/mol. The summed E-state index contributed by atoms with van der Waals surface area (Å²) < 4.78 is 5.41. The SMILES string of the molecule is COC(C)(C)CC(C)NCCc1cscn1. The van der Waals surface area contributed by atoms with Crippen LogP contribution in [0.5, 0.6) is 0 Å². The van der Waals surface area contributed by atoms with E-state index < -0.39 is 0 Å². The standard InChI is InChI=1S/C12H22N2OS/c1-10(7-12(2,3)15-4)13-6-5-11-8-16-9-14-11/h8-10,13H,5-7H2,1-4H3. The van der Waals surface area contributed by atoms with Crippen molar-refractivity contribution in [2.24, 2.45) is 0 Å². The number of aromatic nitrogens is 1. The minimum atomic E-state index is -0.0486. The Morgan fingerprint density at radius 2 is 2.31 bits per heavy atom. The second-order valence-corrected chi connectivity index (χ2v) is 5.47. The number of hydrogen-bond donors (Lipinski definition) is 1. The van der Waals surface area contributed by atoms with Crippen LogP contribution in [0.25, 0.3) is 0 Å². The third-order valence-corrected chi connectivity index (χ3v) is 3.34. The van der Waals surface area contributed by atoms with Crippen molar-refractivity contribution < 1.29 is 4.74 Å². The van der Waals surface area contributed by atoms with E-state index in [0.717, 1.165) is 19.4 Å². The molecule has 1 N–H and O–H groups in total. The lowest BCUT2D eigenvalue weighted by atomic mass is 10.00. The molecule has 1 atom stereocenters. The third kappa shape index (κ3) is 5.05. The van der Waals surface area contributed by atoms with Crippen LogP contribution in [0, 0.1) is 0 Å². The van der Waals surface area contributed by atoms with Gasteiger partial charge in [0.2, 0.25) is 0 Å². The molecule has 1 aromatic heterocycles. The maximum atomic E-state index is 5.41. The van der Waals surface area contributed by atoms with Gasteiger partial charge in [-0.25, -0.2) is 4.98 Å². The molecule has 0 bridgehead atoms. The molecule has 4 heteroatoms. The van der Waals surface area contributed by atoms with Gasteiger partial charge in [-0.3, -0.25) is 0 Å². The molecule has 0 aliphatic rings. The van der Waals surface area contributed by atoms with Gasteiger partial charge in [0, 0.05) is 31.5 Å². The summed E-state index contributed by atoms with van der Waals surface area (Å²) in [5.74, 6) is 0. The maximum Gasteiger partial charge on any atom is 0.0794 e. The first-order valence-corrected chi connectivity index (χ1v) is 6.63. The van der Waals surface area contributed by atoms with Crippen molar-refractivity contribution in [2.75, 3.05) is 13.7 Å². The van der Waals surface area contributed by atoms with Gasteiger partial charge in [-0.15, -0.1) is 11.3 Å². The maximum absolute atomic E-state index is 5.41. The molecule has 1 aromatic rings. The summed E-state index contributed by atoms with van der Waals surface area (Å²) in [6.45, 7) is 7.41. The highest BCUT2D eigenvalue weighted by Crippen LogP contribution is 2.15. The molecule has 3 nitrogen and oxygen atoms in total. The number of thiazole rings is 1. The highest BCUT2D eigenvalue weighted by atomic mass is 32.1. The van der Waals surface area contributed by atoms with Gasteiger partial charge >= 0.3 is 0 Å². The van der Waals surface area contributed by atoms with Crippen molar-refractivity contribution >= 4 is 11.3 Å². The molecular weight excluding hydrogens is 220 g/mol. The Labute approximate surface area is 102 Å². The zero-order valence-corrected chi connectivity index (χ0v) is 11.4. The van der Waals surface area contributed by atoms with E-state index in [2.05, 4.69) is 36.5 Å². The average Bonchev–Trinajstić information content (AvgIpc) is 2.70. The summed E-state index contributed by atoms with van der Waals surface area (Å²) in [4.78, 5) is 4.26. The van der Waals surface area contributed by atoms with Crippen LogP contribution in [0.3, 0.4) is 0 Å². The Morgan fingerprint density at radius 1 is 1.56 bits per heavy atom. The van der Waals surface area contributed by atoms with Crippen molar-refractivity contribution in [3.8, 4) is 0 Å². The Hall–Kier alpha value is -0.450. The topological polar surface area (TPSA) is 34.1 Å². The lowest BCUT2D eigenvalue weighted by Gasteiger charge is -2.27. The van der Waals surface area contributed by atoms with Crippen LogP contribution in [0.4, 0.5) is 0 Å². The van der Waals surface area contributed by atoms with Crippen LogP contribution in [-0.2, 0) is 11.2 Å². The highest BCUT2D eigenvalue weighted by Gasteiger charge is 2.19. The average molecular weight is 242 g/mol. The fraction of sp³-hybridized carbons (Fsp3) is 0.750. The first-order chi connectivity index (χ1) is 7.53. The van der Waals surface area contributed by atoms with Crippen molar-refractivity contribution in [2.45, 2.75) is 45.3 Å². The van der Waals surface area contributed by atoms with E-state index in [1.54, 1.807) is 18.4 Å². The molecule has 0 saturated carbocycles. The first kappa shape index (κ1) is 13.6. The summed E-state index contributed by atoms with van der Waals surface area (Å²) in [6, 6.07) is 0.466. The Morgan fingerprint density at radius 3 is 2.88 bits per heavy atom. The number of rotatable bonds is 7. The number of nitrogens with one attached hydrogen (secondary N) is 1. The summed E-state index contributed by atoms with van der Waals surface area (Å²) in [6.07, 6.45) is 2.02. The molecule has 1 unspecified atom stereocenters. The summed E-state index contributed by atoms with van der Waals surface area (Å²) >= 11 is 1.65. The zero-order valence-electron chi connectivity index (χ0n) is 10.6. The smallest absolute Gasteiger partial charge is 0.0794 e. The fourth-order valence-corrected chi connectivity index (χ4v) is 2.29. The van der Waals surface area contributed by atoms with Gasteiger partial charge < -0.3 is 10.1 Å². The Balaban J connectivity index is 2.18. The molecule has 92 valence electrons. The molecule has 1 heterocycles. The molecule has 0 radical (unpaired) electrons. The fourth-order valence-electron chi connectivity index (χ4n) is 1.70. The van der Waals surface area contributed by atoms with Gasteiger partial charge in [0.15, 0.2) is 0 Å². The predicted molar refractivity (Wildman–Crippen MR) is 69.0 cm³/mol. The van der Waals surface area contributed by atoms with E-state index in [4.69, 9.17) is 4.74 Å². The molecule has 0 aliphatic carbocycles. The Bertz CT molecular complexity index is 285. The number of methoxy groups -OCH3 is 1. The normalized spacial score (nSPS) is 14.0. The van der Waals surface area contributed by atoms with Crippen LogP contribution >= 0.6 is 11.3 Å². The van der Waals surface area contributed by atoms with Crippen LogP contribution < -0.4 is 5.32 Å². The van der Waals surface area contributed by atoms with E-state index in [1.165, 1.54) is 5.69 Å². The van der Waals surface area contributed by atoms with Gasteiger partial charge in [0.25, 0.3) is 0 Å². The van der Waals surface area contributed by atoms with Gasteiger partial charge in [-0.1, -0.05) is 0 Å². The first-order valence-electron chi connectivity index (χ1n) is 5.69. The van der Waals surface area contributed by atoms with Crippen LogP contribution in [0.1, 0.15) is 32.9 Å². The molecule has 0 amide bonds. The lowest BCUT2D eigenvalue weighted by molar-refractivity contribution is 0.00865. The zero-order chi connectivity index (χ0) is 12.0. The van der Waals surface area contributed by atoms with E-state index in [-0.39, 0.29) is 5.60 Å². The van der Waals surface area contributed by atoms with Gasteiger partial charge in [-0.2, -0.15) is 0 Å². The predicted octanol–water partition coefficient (Wildman–Crippen LogP) is 2.48. The highest BCUT2D eigenvalue weighted by molar-refractivity contribution is 7.07. The minimum absolute atomic E-state index is 0.0486. The van der Waals surface area contributed by atoms with E-state index in [0.29, 0.717) is 6.04 Å². The van der Waals surface area contributed by atoms with E-state index >= 15 is 0 Å². The third-order valence-electron chi connectivity index (χ3n) is 2.71. The lowest BCUT2D eigenvalue weighted by Crippen LogP contribution is -2.36. The molecule has 0 fully saturated rings. The quantitative estimate of drug-likeness (QED) is 0.797. The molecule has 0 spiro atoms. The molecule has 0 saturated heterocycles. The Kier molecular flexibility index (Phi) is 5.38. The van der Waals surface area contributed by atoms with Crippen molar-refractivity contribution in [1.29, 1.82) is 0 Å². The second kappa shape index (κ2) is 6.33. The largest absolute Gasteiger partial charge is 0.379 e. The second-order valence-electron chi connectivity index (χ2n) is 4.75. The molecule has 16 heavy (non-hydrogen) atoms. The van der Waals surface area contributed by atoms with Crippen molar-refractivity contribution in [3.63, 3.8) is 0 Å². The summed E-state index contributed by atoms with van der Waals surface area (Å²) in [7, 11) is 1.77. The van der Waals surface area contributed by atoms with Crippen LogP contribution in [-0.4, -0.2) is 30.3 Å². The van der Waals surface area contributed by atoms with E-state index in [1.807, 2.05) is 5.51 Å². The number of nitrogens with zero attached hydrogens (tertiary/aromatic N) is 1. The van der Waals surface area contributed by atoms with Crippen LogP contribution in [0.15, 0.2) is 10.9 Å². The molecule has 1 rings (SSSR count). The summed E-state index contributed by atoms with van der Waals surface area (Å²) in [5, 5.41) is 5.60. The minimum Gasteiger partial charge on any atom is -0.379 e. The number of ether oxygens (including phenoxy) is 1. The summed E-state index contributed by atoms with van der Waals surface area (Å²) in [5.41, 5.74) is 3.01. The van der Waals surface area contributed by atoms with Gasteiger partial charge in [-0.05, 0) is 27.2 Å². The molecular formula is C12H22N2OS.